The number of rotatable bonds is 6. The topological polar surface area (TPSA) is 123 Å². The Morgan fingerprint density at radius 1 is 1.24 bits per heavy atom. The van der Waals surface area contributed by atoms with E-state index in [1.54, 1.807) is 6.21 Å². The molecule has 5 N–H and O–H groups in total. The van der Waals surface area contributed by atoms with Crippen molar-refractivity contribution in [3.05, 3.63) is 52.8 Å². The van der Waals surface area contributed by atoms with E-state index in [1.165, 1.54) is 6.33 Å². The Morgan fingerprint density at radius 3 is 2.55 bits per heavy atom. The molecule has 1 fully saturated rings. The van der Waals surface area contributed by atoms with Crippen LogP contribution in [0.25, 0.3) is 5.57 Å². The van der Waals surface area contributed by atoms with Gasteiger partial charge in [0.2, 0.25) is 5.91 Å². The molecule has 1 aromatic heterocycles. The Morgan fingerprint density at radius 2 is 1.94 bits per heavy atom. The Balaban J connectivity index is 0.00000306. The van der Waals surface area contributed by atoms with Crippen LogP contribution in [0.15, 0.2) is 41.7 Å². The fourth-order valence-corrected chi connectivity index (χ4v) is 4.32. The number of carbonyl (C=O) groups is 1. The van der Waals surface area contributed by atoms with Crippen LogP contribution in [0.1, 0.15) is 50.8 Å². The van der Waals surface area contributed by atoms with Crippen LogP contribution in [0.4, 0.5) is 11.6 Å². The van der Waals surface area contributed by atoms with Crippen LogP contribution in [0.5, 0.6) is 0 Å². The van der Waals surface area contributed by atoms with Gasteiger partial charge in [0.25, 0.3) is 0 Å². The van der Waals surface area contributed by atoms with Crippen molar-refractivity contribution in [2.24, 2.45) is 10.7 Å². The first-order valence-corrected chi connectivity index (χ1v) is 11.2. The molecule has 0 saturated carbocycles. The summed E-state index contributed by atoms with van der Waals surface area (Å²) in [6.45, 7) is 3.85. The lowest BCUT2D eigenvalue weighted by Gasteiger charge is -2.39. The minimum atomic E-state index is -0.941. The number of nitrogens with two attached hydrogens (primary N) is 2. The van der Waals surface area contributed by atoms with E-state index in [0.717, 1.165) is 28.9 Å². The van der Waals surface area contributed by atoms with E-state index in [-0.39, 0.29) is 19.4 Å². The van der Waals surface area contributed by atoms with Crippen molar-refractivity contribution in [3.8, 4) is 0 Å². The van der Waals surface area contributed by atoms with Crippen LogP contribution in [0, 0.1) is 0 Å². The minimum absolute atomic E-state index is 0. The Labute approximate surface area is 200 Å². The maximum atomic E-state index is 13.1. The van der Waals surface area contributed by atoms with Crippen LogP contribution in [-0.2, 0) is 4.79 Å². The predicted octanol–water partition coefficient (Wildman–Crippen LogP) is 3.38. The zero-order chi connectivity index (χ0) is 22.7. The highest BCUT2D eigenvalue weighted by molar-refractivity contribution is 6.30. The van der Waals surface area contributed by atoms with Crippen molar-refractivity contribution >= 4 is 40.9 Å². The summed E-state index contributed by atoms with van der Waals surface area (Å²) in [7, 11) is 0. The molecule has 1 amide bonds. The van der Waals surface area contributed by atoms with Gasteiger partial charge >= 0.3 is 0 Å². The molecule has 1 saturated heterocycles. The van der Waals surface area contributed by atoms with Crippen molar-refractivity contribution in [2.75, 3.05) is 30.3 Å². The molecule has 0 radical (unpaired) electrons. The summed E-state index contributed by atoms with van der Waals surface area (Å²) in [6.07, 6.45) is 7.04. The highest BCUT2D eigenvalue weighted by Crippen LogP contribution is 2.33. The second-order valence-corrected chi connectivity index (χ2v) is 8.68. The fraction of sp³-hybridized carbons (Fsp3) is 0.417. The third-order valence-corrected chi connectivity index (χ3v) is 6.44. The van der Waals surface area contributed by atoms with Gasteiger partial charge < -0.3 is 21.7 Å². The van der Waals surface area contributed by atoms with Gasteiger partial charge in [0, 0.05) is 29.9 Å². The number of nitrogens with zero attached hydrogens (tertiary/aromatic N) is 4. The van der Waals surface area contributed by atoms with E-state index in [2.05, 4.69) is 25.2 Å². The normalized spacial score (nSPS) is 17.8. The van der Waals surface area contributed by atoms with Gasteiger partial charge in [-0.3, -0.25) is 9.79 Å². The standard InChI is InChI=1S/C23H28ClN7O.CH4/c1-2-18(15-3-5-17(24)6-4-15)30-22(32)23(26)8-11-31(12-9-23)21-19(16-7-10-27-13-16)20(25)28-14-29-21;/h3-7,13-14,18H,2,8-12,26H2,1H3,(H,30,32)(H2,25,28,29);1H4/t18-;/m0./s1. The number of anilines is 2. The van der Waals surface area contributed by atoms with E-state index in [0.29, 0.717) is 43.3 Å². The Bertz CT molecular complexity index is 1040. The maximum absolute atomic E-state index is 13.1. The number of amides is 1. The lowest BCUT2D eigenvalue weighted by Crippen LogP contribution is -2.60. The van der Waals surface area contributed by atoms with Crippen LogP contribution in [0.2, 0.25) is 5.02 Å². The number of piperidine rings is 1. The molecule has 33 heavy (non-hydrogen) atoms. The lowest BCUT2D eigenvalue weighted by molar-refractivity contribution is -0.127. The molecule has 2 aromatic rings. The zero-order valence-electron chi connectivity index (χ0n) is 18.1. The second-order valence-electron chi connectivity index (χ2n) is 8.24. The molecule has 9 heteroatoms. The summed E-state index contributed by atoms with van der Waals surface area (Å²) < 4.78 is 0. The van der Waals surface area contributed by atoms with E-state index in [1.807, 2.05) is 37.3 Å². The number of aromatic nitrogens is 2. The number of carbonyl (C=O) groups excluding carboxylic acids is 1. The summed E-state index contributed by atoms with van der Waals surface area (Å²) >= 11 is 6.00. The van der Waals surface area contributed by atoms with Crippen LogP contribution >= 0.6 is 11.6 Å². The molecule has 4 rings (SSSR count). The molecule has 2 aliphatic rings. The molecular formula is C24H32ClN7O. The lowest BCUT2D eigenvalue weighted by atomic mass is 9.86. The maximum Gasteiger partial charge on any atom is 0.240 e. The molecule has 2 aliphatic heterocycles. The van der Waals surface area contributed by atoms with Gasteiger partial charge in [-0.1, -0.05) is 44.2 Å². The van der Waals surface area contributed by atoms with Gasteiger partial charge in [0.15, 0.2) is 0 Å². The van der Waals surface area contributed by atoms with Crippen LogP contribution in [0.3, 0.4) is 0 Å². The van der Waals surface area contributed by atoms with Crippen molar-refractivity contribution in [2.45, 2.75) is 45.2 Å². The highest BCUT2D eigenvalue weighted by atomic mass is 35.5. The number of allylic oxidation sites excluding steroid dienone is 1. The molecule has 0 aliphatic carbocycles. The minimum Gasteiger partial charge on any atom is -0.383 e. The van der Waals surface area contributed by atoms with Crippen LogP contribution in [-0.4, -0.2) is 47.3 Å². The number of halogens is 1. The zero-order valence-corrected chi connectivity index (χ0v) is 18.8. The number of benzene rings is 1. The van der Waals surface area contributed by atoms with Gasteiger partial charge in [-0.25, -0.2) is 9.97 Å². The summed E-state index contributed by atoms with van der Waals surface area (Å²) in [4.78, 5) is 28.2. The highest BCUT2D eigenvalue weighted by Gasteiger charge is 2.39. The average Bonchev–Trinajstić information content (AvgIpc) is 3.33. The summed E-state index contributed by atoms with van der Waals surface area (Å²) in [5, 5.41) is 3.80. The third kappa shape index (κ3) is 5.17. The first kappa shape index (κ1) is 24.7. The molecule has 1 aromatic carbocycles. The Hall–Kier alpha value is -2.97. The number of nitrogens with one attached hydrogen (secondary N) is 1. The van der Waals surface area contributed by atoms with Gasteiger partial charge in [0.05, 0.1) is 23.7 Å². The molecule has 1 atom stereocenters. The number of nitrogen functional groups attached to an aromatic ring is 1. The first-order valence-electron chi connectivity index (χ1n) is 10.8. The van der Waals surface area contributed by atoms with E-state index >= 15 is 0 Å². The third-order valence-electron chi connectivity index (χ3n) is 6.19. The molecule has 0 spiro atoms. The van der Waals surface area contributed by atoms with Gasteiger partial charge in [-0.05, 0) is 37.0 Å². The van der Waals surface area contributed by atoms with Crippen molar-refractivity contribution < 1.29 is 4.79 Å². The molecule has 0 bridgehead atoms. The summed E-state index contributed by atoms with van der Waals surface area (Å²) in [6, 6.07) is 7.42. The monoisotopic (exact) mass is 469 g/mol. The molecule has 176 valence electrons. The molecule has 3 heterocycles. The van der Waals surface area contributed by atoms with Crippen molar-refractivity contribution in [1.29, 1.82) is 0 Å². The average molecular weight is 470 g/mol. The fourth-order valence-electron chi connectivity index (χ4n) is 4.19. The summed E-state index contributed by atoms with van der Waals surface area (Å²) in [5.41, 5.74) is 14.5. The smallest absolute Gasteiger partial charge is 0.240 e. The van der Waals surface area contributed by atoms with Crippen molar-refractivity contribution in [3.63, 3.8) is 0 Å². The quantitative estimate of drug-likeness (QED) is 0.596. The Kier molecular flexibility index (Phi) is 7.71. The number of aliphatic imine (C=N–C) groups is 1. The van der Waals surface area contributed by atoms with Crippen LogP contribution < -0.4 is 21.7 Å². The SMILES string of the molecule is C.CC[C@H](NC(=O)C1(N)CCN(c2ncnc(N)c2C2=CCN=C2)CC1)c1ccc(Cl)cc1. The van der Waals surface area contributed by atoms with E-state index in [4.69, 9.17) is 23.1 Å². The van der Waals surface area contributed by atoms with Gasteiger partial charge in [-0.15, -0.1) is 0 Å². The van der Waals surface area contributed by atoms with Gasteiger partial charge in [0.1, 0.15) is 18.0 Å². The first-order chi connectivity index (χ1) is 15.4. The van der Waals surface area contributed by atoms with E-state index < -0.39 is 5.54 Å². The van der Waals surface area contributed by atoms with Gasteiger partial charge in [-0.2, -0.15) is 0 Å². The predicted molar refractivity (Wildman–Crippen MR) is 136 cm³/mol. The number of hydrogen-bond donors (Lipinski definition) is 3. The molecule has 8 nitrogen and oxygen atoms in total. The molecular weight excluding hydrogens is 438 g/mol. The second kappa shape index (κ2) is 10.3. The van der Waals surface area contributed by atoms with Crippen molar-refractivity contribution in [1.82, 2.24) is 15.3 Å². The summed E-state index contributed by atoms with van der Waals surface area (Å²) in [5.74, 6) is 1.05. The van der Waals surface area contributed by atoms with E-state index in [9.17, 15) is 4.79 Å². The largest absolute Gasteiger partial charge is 0.383 e. The molecule has 0 unspecified atom stereocenters. The number of hydrogen-bond acceptors (Lipinski definition) is 7.